The van der Waals surface area contributed by atoms with Crippen LogP contribution in [0.5, 0.6) is 0 Å². The first-order valence-electron chi connectivity index (χ1n) is 4.35. The van der Waals surface area contributed by atoms with E-state index in [9.17, 15) is 5.11 Å². The number of H-pyrrole nitrogens is 1. The minimum absolute atomic E-state index is 0.597. The fourth-order valence-electron chi connectivity index (χ4n) is 1.38. The standard InChI is InChI=1S/C11H10BrNO/c12-9-5-2-1-4-8(9)11(14)10-6-3-7-13-10/h1-7,11,13-14H. The highest BCUT2D eigenvalue weighted by Crippen LogP contribution is 2.26. The number of rotatable bonds is 2. The van der Waals surface area contributed by atoms with Crippen LogP contribution in [0, 0.1) is 0 Å². The third-order valence-electron chi connectivity index (χ3n) is 2.12. The fraction of sp³-hybridized carbons (Fsp3) is 0.0909. The lowest BCUT2D eigenvalue weighted by atomic mass is 10.1. The molecular formula is C11H10BrNO. The van der Waals surface area contributed by atoms with Gasteiger partial charge in [-0.05, 0) is 18.2 Å². The quantitative estimate of drug-likeness (QED) is 0.847. The third-order valence-corrected chi connectivity index (χ3v) is 2.84. The van der Waals surface area contributed by atoms with Gasteiger partial charge in [0.25, 0.3) is 0 Å². The molecule has 1 unspecified atom stereocenters. The van der Waals surface area contributed by atoms with Gasteiger partial charge in [-0.3, -0.25) is 0 Å². The number of aliphatic hydroxyl groups is 1. The van der Waals surface area contributed by atoms with Crippen LogP contribution in [0.4, 0.5) is 0 Å². The highest BCUT2D eigenvalue weighted by molar-refractivity contribution is 9.10. The second-order valence-corrected chi connectivity index (χ2v) is 3.90. The molecule has 72 valence electrons. The monoisotopic (exact) mass is 251 g/mol. The van der Waals surface area contributed by atoms with Crippen molar-refractivity contribution >= 4 is 15.9 Å². The van der Waals surface area contributed by atoms with E-state index in [2.05, 4.69) is 20.9 Å². The van der Waals surface area contributed by atoms with Crippen LogP contribution in [-0.2, 0) is 0 Å². The molecule has 0 bridgehead atoms. The minimum atomic E-state index is -0.597. The van der Waals surface area contributed by atoms with E-state index >= 15 is 0 Å². The Morgan fingerprint density at radius 1 is 1.14 bits per heavy atom. The molecule has 0 fully saturated rings. The molecule has 2 aromatic rings. The summed E-state index contributed by atoms with van der Waals surface area (Å²) < 4.78 is 0.919. The molecule has 3 heteroatoms. The summed E-state index contributed by atoms with van der Waals surface area (Å²) in [6, 6.07) is 11.4. The fourth-order valence-corrected chi connectivity index (χ4v) is 1.88. The SMILES string of the molecule is OC(c1ccc[nH]1)c1ccccc1Br. The van der Waals surface area contributed by atoms with Gasteiger partial charge < -0.3 is 10.1 Å². The Hall–Kier alpha value is -1.06. The van der Waals surface area contributed by atoms with E-state index in [1.807, 2.05) is 36.4 Å². The van der Waals surface area contributed by atoms with E-state index in [0.29, 0.717) is 0 Å². The van der Waals surface area contributed by atoms with E-state index in [1.54, 1.807) is 6.20 Å². The number of halogens is 1. The number of aromatic amines is 1. The third kappa shape index (κ3) is 1.74. The number of aromatic nitrogens is 1. The second-order valence-electron chi connectivity index (χ2n) is 3.05. The van der Waals surface area contributed by atoms with Crippen molar-refractivity contribution in [1.82, 2.24) is 4.98 Å². The number of benzene rings is 1. The van der Waals surface area contributed by atoms with Crippen LogP contribution in [0.15, 0.2) is 47.1 Å². The van der Waals surface area contributed by atoms with Gasteiger partial charge in [0.2, 0.25) is 0 Å². The van der Waals surface area contributed by atoms with Crippen molar-refractivity contribution in [3.05, 3.63) is 58.3 Å². The van der Waals surface area contributed by atoms with Crippen LogP contribution in [0.1, 0.15) is 17.4 Å². The second kappa shape index (κ2) is 3.98. The van der Waals surface area contributed by atoms with Crippen LogP contribution in [0.2, 0.25) is 0 Å². The predicted molar refractivity (Wildman–Crippen MR) is 59.0 cm³/mol. The molecule has 1 aromatic heterocycles. The average molecular weight is 252 g/mol. The first-order chi connectivity index (χ1) is 6.79. The van der Waals surface area contributed by atoms with Gasteiger partial charge in [-0.25, -0.2) is 0 Å². The van der Waals surface area contributed by atoms with Crippen molar-refractivity contribution in [2.45, 2.75) is 6.10 Å². The van der Waals surface area contributed by atoms with Gasteiger partial charge in [-0.15, -0.1) is 0 Å². The summed E-state index contributed by atoms with van der Waals surface area (Å²) in [6.45, 7) is 0. The predicted octanol–water partition coefficient (Wildman–Crippen LogP) is 2.86. The average Bonchev–Trinajstić information content (AvgIpc) is 2.70. The van der Waals surface area contributed by atoms with E-state index in [0.717, 1.165) is 15.7 Å². The molecule has 0 aliphatic carbocycles. The maximum Gasteiger partial charge on any atom is 0.120 e. The van der Waals surface area contributed by atoms with Gasteiger partial charge in [0.05, 0.1) is 0 Å². The highest BCUT2D eigenvalue weighted by Gasteiger charge is 2.12. The highest BCUT2D eigenvalue weighted by atomic mass is 79.9. The van der Waals surface area contributed by atoms with Crippen LogP contribution in [0.3, 0.4) is 0 Å². The van der Waals surface area contributed by atoms with E-state index < -0.39 is 6.10 Å². The summed E-state index contributed by atoms with van der Waals surface area (Å²) in [4.78, 5) is 2.99. The molecule has 0 saturated carbocycles. The van der Waals surface area contributed by atoms with Crippen molar-refractivity contribution in [2.24, 2.45) is 0 Å². The molecule has 0 aliphatic rings. The molecule has 1 heterocycles. The summed E-state index contributed by atoms with van der Waals surface area (Å²) in [5.74, 6) is 0. The van der Waals surface area contributed by atoms with E-state index in [4.69, 9.17) is 0 Å². The Morgan fingerprint density at radius 3 is 2.57 bits per heavy atom. The zero-order valence-corrected chi connectivity index (χ0v) is 9.03. The van der Waals surface area contributed by atoms with Crippen molar-refractivity contribution < 1.29 is 5.11 Å². The van der Waals surface area contributed by atoms with Crippen molar-refractivity contribution in [1.29, 1.82) is 0 Å². The molecule has 2 nitrogen and oxygen atoms in total. The summed E-state index contributed by atoms with van der Waals surface area (Å²) in [5, 5.41) is 10.0. The molecule has 1 atom stereocenters. The van der Waals surface area contributed by atoms with Crippen LogP contribution in [0.25, 0.3) is 0 Å². The minimum Gasteiger partial charge on any atom is -0.382 e. The Morgan fingerprint density at radius 2 is 1.93 bits per heavy atom. The van der Waals surface area contributed by atoms with Gasteiger partial charge in [0.1, 0.15) is 6.10 Å². The van der Waals surface area contributed by atoms with Crippen molar-refractivity contribution in [3.8, 4) is 0 Å². The normalized spacial score (nSPS) is 12.7. The number of hydrogen-bond acceptors (Lipinski definition) is 1. The molecule has 0 aliphatic heterocycles. The number of nitrogens with one attached hydrogen (secondary N) is 1. The first-order valence-corrected chi connectivity index (χ1v) is 5.14. The van der Waals surface area contributed by atoms with Crippen LogP contribution in [-0.4, -0.2) is 10.1 Å². The maximum atomic E-state index is 10.0. The summed E-state index contributed by atoms with van der Waals surface area (Å²) >= 11 is 3.41. The molecular weight excluding hydrogens is 242 g/mol. The lowest BCUT2D eigenvalue weighted by Gasteiger charge is -2.10. The van der Waals surface area contributed by atoms with E-state index in [-0.39, 0.29) is 0 Å². The Kier molecular flexibility index (Phi) is 2.70. The lowest BCUT2D eigenvalue weighted by Crippen LogP contribution is -2.00. The Balaban J connectivity index is 2.37. The van der Waals surface area contributed by atoms with Gasteiger partial charge in [0.15, 0.2) is 0 Å². The maximum absolute atomic E-state index is 10.0. The molecule has 14 heavy (non-hydrogen) atoms. The molecule has 2 rings (SSSR count). The van der Waals surface area contributed by atoms with Crippen molar-refractivity contribution in [3.63, 3.8) is 0 Å². The van der Waals surface area contributed by atoms with Gasteiger partial charge in [0, 0.05) is 21.9 Å². The molecule has 2 N–H and O–H groups in total. The topological polar surface area (TPSA) is 36.0 Å². The van der Waals surface area contributed by atoms with Gasteiger partial charge in [-0.2, -0.15) is 0 Å². The summed E-state index contributed by atoms with van der Waals surface area (Å²) in [7, 11) is 0. The van der Waals surface area contributed by atoms with Crippen molar-refractivity contribution in [2.75, 3.05) is 0 Å². The largest absolute Gasteiger partial charge is 0.382 e. The zero-order chi connectivity index (χ0) is 9.97. The Bertz CT molecular complexity index is 411. The van der Waals surface area contributed by atoms with Gasteiger partial charge >= 0.3 is 0 Å². The number of aliphatic hydroxyl groups excluding tert-OH is 1. The lowest BCUT2D eigenvalue weighted by molar-refractivity contribution is 0.215. The van der Waals surface area contributed by atoms with Gasteiger partial charge in [-0.1, -0.05) is 34.1 Å². The summed E-state index contributed by atoms with van der Waals surface area (Å²) in [6.07, 6.45) is 1.20. The molecule has 1 aromatic carbocycles. The zero-order valence-electron chi connectivity index (χ0n) is 7.44. The molecule has 0 radical (unpaired) electrons. The van der Waals surface area contributed by atoms with Crippen LogP contribution < -0.4 is 0 Å². The van der Waals surface area contributed by atoms with E-state index in [1.165, 1.54) is 0 Å². The smallest absolute Gasteiger partial charge is 0.120 e. The molecule has 0 saturated heterocycles. The Labute approximate surface area is 90.7 Å². The van der Waals surface area contributed by atoms with Crippen LogP contribution >= 0.6 is 15.9 Å². The number of hydrogen-bond donors (Lipinski definition) is 2. The molecule has 0 amide bonds. The summed E-state index contributed by atoms with van der Waals surface area (Å²) in [5.41, 5.74) is 1.67. The first kappa shape index (κ1) is 9.49. The molecule has 0 spiro atoms.